The number of nitrogens with zero attached hydrogens (tertiary/aromatic N) is 3. The quantitative estimate of drug-likeness (QED) is 0.503. The van der Waals surface area contributed by atoms with Crippen molar-refractivity contribution in [3.8, 4) is 0 Å². The van der Waals surface area contributed by atoms with Crippen LogP contribution < -0.4 is 10.0 Å². The maximum atomic E-state index is 14.5. The van der Waals surface area contributed by atoms with Gasteiger partial charge in [-0.15, -0.1) is 0 Å². The molecule has 0 saturated heterocycles. The van der Waals surface area contributed by atoms with Crippen molar-refractivity contribution >= 4 is 27.3 Å². The van der Waals surface area contributed by atoms with Crippen molar-refractivity contribution in [1.82, 2.24) is 19.5 Å². The number of aromatic nitrogens is 3. The van der Waals surface area contributed by atoms with Gasteiger partial charge in [0.25, 0.3) is 5.91 Å². The minimum Gasteiger partial charge on any atom is -0.353 e. The van der Waals surface area contributed by atoms with Gasteiger partial charge in [0.1, 0.15) is 18.5 Å². The molecule has 32 heavy (non-hydrogen) atoms. The van der Waals surface area contributed by atoms with Crippen molar-refractivity contribution in [3.05, 3.63) is 72.1 Å². The number of halogens is 1. The number of nitrogens with one attached hydrogen (secondary N) is 2. The minimum atomic E-state index is -3.73. The highest BCUT2D eigenvalue weighted by Crippen LogP contribution is 2.32. The summed E-state index contributed by atoms with van der Waals surface area (Å²) in [5.74, 6) is -1.17. The molecule has 2 N–H and O–H groups in total. The van der Waals surface area contributed by atoms with Gasteiger partial charge in [-0.1, -0.05) is 38.8 Å². The molecule has 1 heterocycles. The van der Waals surface area contributed by atoms with Gasteiger partial charge in [-0.3, -0.25) is 4.79 Å². The second-order valence-corrected chi connectivity index (χ2v) is 9.29. The Balaban J connectivity index is 1.79. The number of sulfonamides is 1. The molecule has 0 aliphatic rings. The molecule has 0 bridgehead atoms. The van der Waals surface area contributed by atoms with E-state index in [-0.39, 0.29) is 17.3 Å². The Morgan fingerprint density at radius 2 is 1.81 bits per heavy atom. The Morgan fingerprint density at radius 1 is 1.12 bits per heavy atom. The molecule has 0 aliphatic carbocycles. The van der Waals surface area contributed by atoms with E-state index in [2.05, 4.69) is 29.2 Å². The van der Waals surface area contributed by atoms with E-state index in [0.717, 1.165) is 30.7 Å². The lowest BCUT2D eigenvalue weighted by molar-refractivity contribution is 0.0981. The predicted octanol–water partition coefficient (Wildman–Crippen LogP) is 3.88. The van der Waals surface area contributed by atoms with Crippen LogP contribution in [0.4, 0.5) is 15.8 Å². The second kappa shape index (κ2) is 9.90. The number of rotatable bonds is 9. The highest BCUT2D eigenvalue weighted by molar-refractivity contribution is 7.89. The van der Waals surface area contributed by atoms with Crippen LogP contribution in [0.2, 0.25) is 0 Å². The third-order valence-electron chi connectivity index (χ3n) is 5.26. The van der Waals surface area contributed by atoms with E-state index in [1.54, 1.807) is 6.33 Å². The average molecular weight is 460 g/mol. The first-order chi connectivity index (χ1) is 15.2. The van der Waals surface area contributed by atoms with Gasteiger partial charge in [0.2, 0.25) is 10.0 Å². The second-order valence-electron chi connectivity index (χ2n) is 7.54. The number of carbonyl (C=O) groups excluding carboxylic acids is 1. The van der Waals surface area contributed by atoms with Gasteiger partial charge in [0.05, 0.1) is 18.0 Å². The molecule has 1 amide bonds. The zero-order valence-electron chi connectivity index (χ0n) is 18.1. The summed E-state index contributed by atoms with van der Waals surface area (Å²) in [6, 6.07) is 11.4. The molecule has 10 heteroatoms. The van der Waals surface area contributed by atoms with Gasteiger partial charge in [0, 0.05) is 11.3 Å². The maximum Gasteiger partial charge on any atom is 0.264 e. The number of carbonyl (C=O) groups is 1. The van der Waals surface area contributed by atoms with Crippen molar-refractivity contribution in [2.45, 2.75) is 32.7 Å². The van der Waals surface area contributed by atoms with Crippen LogP contribution >= 0.6 is 0 Å². The van der Waals surface area contributed by atoms with Crippen molar-refractivity contribution in [2.75, 3.05) is 11.6 Å². The number of benzene rings is 2. The SMILES string of the molecule is CCC(CC)C(c1ccc(Nc2ccc(C(=O)NS(C)(=O)=O)cc2F)cc1)n1cncn1. The Bertz CT molecular complexity index is 1160. The van der Waals surface area contributed by atoms with Crippen molar-refractivity contribution in [1.29, 1.82) is 0 Å². The van der Waals surface area contributed by atoms with E-state index < -0.39 is 21.7 Å². The van der Waals surface area contributed by atoms with Gasteiger partial charge in [-0.25, -0.2) is 27.2 Å². The molecule has 170 valence electrons. The first-order valence-corrected chi connectivity index (χ1v) is 12.1. The monoisotopic (exact) mass is 459 g/mol. The minimum absolute atomic E-state index is 0.0472. The van der Waals surface area contributed by atoms with E-state index in [9.17, 15) is 17.6 Å². The summed E-state index contributed by atoms with van der Waals surface area (Å²) in [5.41, 5.74) is 1.82. The van der Waals surface area contributed by atoms with Gasteiger partial charge in [0.15, 0.2) is 0 Å². The van der Waals surface area contributed by atoms with E-state index in [1.807, 2.05) is 33.7 Å². The van der Waals surface area contributed by atoms with Crippen LogP contribution in [0, 0.1) is 11.7 Å². The number of hydrogen-bond acceptors (Lipinski definition) is 6. The molecule has 0 radical (unpaired) electrons. The van der Waals surface area contributed by atoms with Crippen LogP contribution in [-0.4, -0.2) is 35.3 Å². The Morgan fingerprint density at radius 3 is 2.34 bits per heavy atom. The molecule has 2 aromatic carbocycles. The van der Waals surface area contributed by atoms with Crippen LogP contribution in [0.15, 0.2) is 55.1 Å². The molecular weight excluding hydrogens is 433 g/mol. The van der Waals surface area contributed by atoms with Gasteiger partial charge >= 0.3 is 0 Å². The number of anilines is 2. The molecular formula is C22H26FN5O3S. The van der Waals surface area contributed by atoms with Gasteiger partial charge < -0.3 is 5.32 Å². The van der Waals surface area contributed by atoms with E-state index in [1.165, 1.54) is 18.5 Å². The molecule has 1 unspecified atom stereocenters. The Labute approximate surface area is 186 Å². The molecule has 3 aromatic rings. The van der Waals surface area contributed by atoms with E-state index in [4.69, 9.17) is 0 Å². The fourth-order valence-corrected chi connectivity index (χ4v) is 4.10. The largest absolute Gasteiger partial charge is 0.353 e. The summed E-state index contributed by atoms with van der Waals surface area (Å²) < 4.78 is 40.6. The van der Waals surface area contributed by atoms with Crippen LogP contribution in [0.5, 0.6) is 0 Å². The maximum absolute atomic E-state index is 14.5. The lowest BCUT2D eigenvalue weighted by Gasteiger charge is -2.26. The van der Waals surface area contributed by atoms with Crippen molar-refractivity contribution in [2.24, 2.45) is 5.92 Å². The molecule has 0 saturated carbocycles. The predicted molar refractivity (Wildman–Crippen MR) is 121 cm³/mol. The van der Waals surface area contributed by atoms with E-state index in [0.29, 0.717) is 11.6 Å². The van der Waals surface area contributed by atoms with Crippen LogP contribution in [-0.2, 0) is 10.0 Å². The van der Waals surface area contributed by atoms with Crippen molar-refractivity contribution in [3.63, 3.8) is 0 Å². The summed E-state index contributed by atoms with van der Waals surface area (Å²) in [4.78, 5) is 16.0. The molecule has 8 nitrogen and oxygen atoms in total. The van der Waals surface area contributed by atoms with Crippen LogP contribution in [0.1, 0.15) is 48.7 Å². The molecule has 0 aliphatic heterocycles. The van der Waals surface area contributed by atoms with Crippen LogP contribution in [0.25, 0.3) is 0 Å². The number of hydrogen-bond donors (Lipinski definition) is 2. The Kier molecular flexibility index (Phi) is 7.24. The highest BCUT2D eigenvalue weighted by atomic mass is 32.2. The standard InChI is InChI=1S/C22H26FN5O3S/c1-4-15(5-2)21(28-14-24-13-25-28)16-6-9-18(10-7-16)26-20-11-8-17(12-19(20)23)22(29)27-32(3,30)31/h6-15,21,26H,4-5H2,1-3H3,(H,27,29). The lowest BCUT2D eigenvalue weighted by atomic mass is 9.89. The molecule has 3 rings (SSSR count). The first-order valence-electron chi connectivity index (χ1n) is 10.2. The molecule has 1 aromatic heterocycles. The summed E-state index contributed by atoms with van der Waals surface area (Å²) in [5, 5.41) is 7.31. The fraction of sp³-hybridized carbons (Fsp3) is 0.318. The number of amides is 1. The Hall–Kier alpha value is -3.27. The third kappa shape index (κ3) is 5.70. The van der Waals surface area contributed by atoms with E-state index >= 15 is 0 Å². The van der Waals surface area contributed by atoms with Gasteiger partial charge in [-0.2, -0.15) is 5.10 Å². The normalized spacial score (nSPS) is 12.5. The molecule has 0 fully saturated rings. The summed E-state index contributed by atoms with van der Waals surface area (Å²) in [7, 11) is -3.73. The first kappa shape index (κ1) is 23.4. The molecule has 1 atom stereocenters. The molecule has 0 spiro atoms. The average Bonchev–Trinajstić information content (AvgIpc) is 3.27. The summed E-state index contributed by atoms with van der Waals surface area (Å²) >= 11 is 0. The van der Waals surface area contributed by atoms with Gasteiger partial charge in [-0.05, 0) is 41.8 Å². The summed E-state index contributed by atoms with van der Waals surface area (Å²) in [6.07, 6.45) is 6.08. The van der Waals surface area contributed by atoms with Crippen molar-refractivity contribution < 1.29 is 17.6 Å². The zero-order chi connectivity index (χ0) is 23.3. The highest BCUT2D eigenvalue weighted by Gasteiger charge is 2.23. The zero-order valence-corrected chi connectivity index (χ0v) is 18.9. The van der Waals surface area contributed by atoms with Crippen LogP contribution in [0.3, 0.4) is 0 Å². The fourth-order valence-electron chi connectivity index (χ4n) is 3.64. The lowest BCUT2D eigenvalue weighted by Crippen LogP contribution is -2.29. The smallest absolute Gasteiger partial charge is 0.264 e. The third-order valence-corrected chi connectivity index (χ3v) is 5.81. The topological polar surface area (TPSA) is 106 Å². The summed E-state index contributed by atoms with van der Waals surface area (Å²) in [6.45, 7) is 4.30.